The number of aliphatic hydroxyl groups is 9. The van der Waals surface area contributed by atoms with E-state index in [4.69, 9.17) is 37.9 Å². The molecule has 1 aromatic carbocycles. The number of carbonyl (C=O) groups excluding carboxylic acids is 4. The summed E-state index contributed by atoms with van der Waals surface area (Å²) in [6.07, 6.45) is -23.1. The van der Waals surface area contributed by atoms with Crippen molar-refractivity contribution in [3.05, 3.63) is 29.8 Å². The second-order valence-corrected chi connectivity index (χ2v) is 20.1. The Morgan fingerprint density at radius 3 is 1.56 bits per heavy atom. The molecule has 5 rings (SSSR count). The lowest BCUT2D eigenvalue weighted by Gasteiger charge is -2.51. The Balaban J connectivity index is 1.35. The Morgan fingerprint density at radius 1 is 0.590 bits per heavy atom. The van der Waals surface area contributed by atoms with Crippen LogP contribution in [0.25, 0.3) is 0 Å². The molecule has 4 heterocycles. The molecule has 11 unspecified atom stereocenters. The third-order valence-electron chi connectivity index (χ3n) is 13.0. The molecule has 4 fully saturated rings. The van der Waals surface area contributed by atoms with Crippen LogP contribution in [0.5, 0.6) is 5.75 Å². The minimum absolute atomic E-state index is 0.0447. The Hall–Kier alpha value is -4.31. The van der Waals surface area contributed by atoms with Gasteiger partial charge in [0.15, 0.2) is 25.2 Å². The minimum atomic E-state index is -5.16. The van der Waals surface area contributed by atoms with Crippen molar-refractivity contribution in [3.63, 3.8) is 0 Å². The van der Waals surface area contributed by atoms with Gasteiger partial charge in [0.1, 0.15) is 103 Å². The number of carbonyl (C=O) groups is 4. The molecule has 0 aromatic heterocycles. The molecule has 78 heavy (non-hydrogen) atoms. The van der Waals surface area contributed by atoms with Gasteiger partial charge in [-0.15, -0.1) is 11.8 Å². The van der Waals surface area contributed by atoms with Gasteiger partial charge >= 0.3 is 10.4 Å². The van der Waals surface area contributed by atoms with E-state index in [1.807, 2.05) is 0 Å². The molecule has 0 bridgehead atoms. The molecule has 0 radical (unpaired) electrons. The lowest BCUT2D eigenvalue weighted by atomic mass is 9.93. The quantitative estimate of drug-likeness (QED) is 0.0248. The Bertz CT molecular complexity index is 2280. The molecular weight excluding hydrogens is 1060 g/mol. The van der Waals surface area contributed by atoms with Gasteiger partial charge < -0.3 is 105 Å². The van der Waals surface area contributed by atoms with E-state index in [0.29, 0.717) is 25.2 Å². The van der Waals surface area contributed by atoms with Crippen LogP contribution < -0.4 is 26.0 Å². The summed E-state index contributed by atoms with van der Waals surface area (Å²) in [5.74, 6) is 3.39. The first-order valence-corrected chi connectivity index (χ1v) is 26.8. The summed E-state index contributed by atoms with van der Waals surface area (Å²) in [5, 5.41) is 109. The first-order valence-electron chi connectivity index (χ1n) is 25.4. The van der Waals surface area contributed by atoms with Crippen LogP contribution in [-0.4, -0.2) is 238 Å². The van der Waals surface area contributed by atoms with Gasteiger partial charge in [-0.25, -0.2) is 4.18 Å². The zero-order chi connectivity index (χ0) is 57.4. The van der Waals surface area contributed by atoms with E-state index >= 15 is 0 Å². The van der Waals surface area contributed by atoms with Crippen LogP contribution in [0.2, 0.25) is 0 Å². The number of amides is 4. The molecule has 4 aliphatic heterocycles. The van der Waals surface area contributed by atoms with Crippen molar-refractivity contribution in [3.8, 4) is 17.6 Å². The van der Waals surface area contributed by atoms with Crippen molar-refractivity contribution >= 4 is 34.0 Å². The van der Waals surface area contributed by atoms with E-state index in [2.05, 4.69) is 44.2 Å². The van der Waals surface area contributed by atoms with Gasteiger partial charge in [0.05, 0.1) is 33.0 Å². The molecular formula is C48H74N4O25S. The molecule has 4 amide bonds. The maximum Gasteiger partial charge on any atom is 0.397 e. The third kappa shape index (κ3) is 17.8. The summed E-state index contributed by atoms with van der Waals surface area (Å²) in [6, 6.07) is -0.745. The predicted octanol–water partition coefficient (Wildman–Crippen LogP) is -4.92. The van der Waals surface area contributed by atoms with Crippen LogP contribution in [0.4, 0.5) is 0 Å². The first-order chi connectivity index (χ1) is 37.0. The van der Waals surface area contributed by atoms with Crippen LogP contribution in [0, 0.1) is 11.8 Å². The fourth-order valence-corrected chi connectivity index (χ4v) is 9.51. The van der Waals surface area contributed by atoms with E-state index in [1.54, 1.807) is 12.1 Å². The van der Waals surface area contributed by atoms with E-state index in [-0.39, 0.29) is 5.56 Å². The molecule has 1 aromatic rings. The van der Waals surface area contributed by atoms with Gasteiger partial charge in [-0.05, 0) is 31.0 Å². The van der Waals surface area contributed by atoms with Crippen molar-refractivity contribution in [1.29, 1.82) is 0 Å². The van der Waals surface area contributed by atoms with Crippen LogP contribution in [0.1, 0.15) is 83.0 Å². The standard InChI is InChI=1S/C48H74N4O25S/c1-5-6-7-8-9-10-11-12-13-17-69-27-16-14-15-26(18-27)44(64)52-33-37(60)36(59)28(19-53)72-46(33)75-41-29(20-54)73-47(34(39(41)62)50-24(3)57)76-42-30(21-55)74-48(35(40(42)63)51-25(4)58)77-43-31(22-70-78(66,67)68)71-45(65)32(38(43)61)49-23(2)56/h14-16,18,28-43,45-48,53-55,59-63,65H,5-9,12-13,17,19-22H2,1-4H3,(H,49,56)(H,50,57)(H,51,58)(H,52,64)(H,66,67,68)/t28?,29?,30?,31?,32?,33?,34?,35?,36-,37-,38?,39?,40-,41-,42-,43-,45?,46+,47+,48+/m1/s1. The normalized spacial score (nSPS) is 35.1. The van der Waals surface area contributed by atoms with E-state index in [0.717, 1.165) is 46.5 Å². The molecule has 0 aliphatic carbocycles. The number of ether oxygens (including phenoxy) is 8. The topological polar surface area (TPSA) is 436 Å². The SMILES string of the molecule is CCCCCCC#CCCCOc1cccc(C(=O)NC2[C@H](O[C@@H]3C(CO)O[C@@H](O[C@@H]4C(CO)O[C@@H](O[C@@H]5C(COS(=O)(=O)O)OC(O)C(NC(C)=O)C5O)C(NC(C)=O)[C@H]4O)C(NC(C)=O)C3O)OC(CO)[C@@H](O)[C@@H]2O)c1. The fraction of sp³-hybridized carbons (Fsp3) is 0.750. The summed E-state index contributed by atoms with van der Waals surface area (Å²) in [7, 11) is -5.16. The van der Waals surface area contributed by atoms with Crippen molar-refractivity contribution in [2.75, 3.05) is 33.0 Å². The summed E-state index contributed by atoms with van der Waals surface area (Å²) in [6.45, 7) is 1.51. The molecule has 4 aliphatic rings. The van der Waals surface area contributed by atoms with Crippen LogP contribution in [-0.2, 0) is 62.1 Å². The number of benzene rings is 1. The summed E-state index contributed by atoms with van der Waals surface area (Å²) in [5.41, 5.74) is 0.0447. The smallest absolute Gasteiger partial charge is 0.397 e. The lowest BCUT2D eigenvalue weighted by molar-refractivity contribution is -0.361. The molecule has 442 valence electrons. The molecule has 20 atom stereocenters. The lowest BCUT2D eigenvalue weighted by Crippen LogP contribution is -2.71. The van der Waals surface area contributed by atoms with Gasteiger partial charge in [-0.1, -0.05) is 32.3 Å². The summed E-state index contributed by atoms with van der Waals surface area (Å²) >= 11 is 0. The van der Waals surface area contributed by atoms with E-state index < -0.39 is 183 Å². The largest absolute Gasteiger partial charge is 0.494 e. The van der Waals surface area contributed by atoms with Gasteiger partial charge in [0, 0.05) is 39.2 Å². The Morgan fingerprint density at radius 2 is 1.06 bits per heavy atom. The molecule has 4 saturated heterocycles. The van der Waals surface area contributed by atoms with Crippen molar-refractivity contribution in [2.45, 2.75) is 195 Å². The Kier molecular flexibility index (Phi) is 25.2. The van der Waals surface area contributed by atoms with E-state index in [9.17, 15) is 78.1 Å². The molecule has 30 heteroatoms. The fourth-order valence-electron chi connectivity index (χ4n) is 9.21. The van der Waals surface area contributed by atoms with Crippen LogP contribution >= 0.6 is 0 Å². The maximum atomic E-state index is 13.8. The second kappa shape index (κ2) is 30.5. The van der Waals surface area contributed by atoms with Crippen molar-refractivity contribution in [1.82, 2.24) is 21.3 Å². The van der Waals surface area contributed by atoms with Crippen LogP contribution in [0.3, 0.4) is 0 Å². The van der Waals surface area contributed by atoms with Gasteiger partial charge in [0.2, 0.25) is 17.7 Å². The Labute approximate surface area is 450 Å². The maximum absolute atomic E-state index is 13.8. The predicted molar refractivity (Wildman–Crippen MR) is 262 cm³/mol. The zero-order valence-electron chi connectivity index (χ0n) is 43.3. The number of unbranched alkanes of at least 4 members (excludes halogenated alkanes) is 5. The monoisotopic (exact) mass is 1140 g/mol. The second-order valence-electron chi connectivity index (χ2n) is 19.0. The average Bonchev–Trinajstić information content (AvgIpc) is 3.47. The summed E-state index contributed by atoms with van der Waals surface area (Å²) in [4.78, 5) is 51.1. The summed E-state index contributed by atoms with van der Waals surface area (Å²) < 4.78 is 83.8. The van der Waals surface area contributed by atoms with Crippen molar-refractivity contribution < 1.29 is 120 Å². The highest BCUT2D eigenvalue weighted by Gasteiger charge is 2.56. The first kappa shape index (κ1) is 64.5. The number of nitrogens with one attached hydrogen (secondary N) is 4. The number of aliphatic hydroxyl groups excluding tert-OH is 9. The van der Waals surface area contributed by atoms with Crippen molar-refractivity contribution in [2.24, 2.45) is 0 Å². The number of rotatable bonds is 25. The highest BCUT2D eigenvalue weighted by Crippen LogP contribution is 2.35. The van der Waals surface area contributed by atoms with Crippen LogP contribution in [0.15, 0.2) is 24.3 Å². The average molecular weight is 1140 g/mol. The third-order valence-corrected chi connectivity index (χ3v) is 13.5. The van der Waals surface area contributed by atoms with Gasteiger partial charge in [-0.2, -0.15) is 8.42 Å². The molecule has 0 spiro atoms. The molecule has 14 N–H and O–H groups in total. The number of hydrogen-bond donors (Lipinski definition) is 14. The highest BCUT2D eigenvalue weighted by atomic mass is 32.3. The highest BCUT2D eigenvalue weighted by molar-refractivity contribution is 7.80. The van der Waals surface area contributed by atoms with Gasteiger partial charge in [-0.3, -0.25) is 23.7 Å². The molecule has 0 saturated carbocycles. The van der Waals surface area contributed by atoms with E-state index in [1.165, 1.54) is 18.6 Å². The number of hydrogen-bond acceptors (Lipinski definition) is 24. The zero-order valence-corrected chi connectivity index (χ0v) is 44.2. The van der Waals surface area contributed by atoms with Gasteiger partial charge in [0.25, 0.3) is 5.91 Å². The minimum Gasteiger partial charge on any atom is -0.494 e. The molecule has 29 nitrogen and oxygen atoms in total.